The Bertz CT molecular complexity index is 676. The highest BCUT2D eigenvalue weighted by atomic mass is 32.2. The van der Waals surface area contributed by atoms with Crippen LogP contribution in [0.2, 0.25) is 0 Å². The molecule has 3 rings (SSSR count). The van der Waals surface area contributed by atoms with Crippen LogP contribution in [0.4, 0.5) is 5.95 Å². The number of nitrogens with two attached hydrogens (primary N) is 1. The summed E-state index contributed by atoms with van der Waals surface area (Å²) in [6.45, 7) is 0.973. The van der Waals surface area contributed by atoms with Gasteiger partial charge in [-0.05, 0) is 18.4 Å². The van der Waals surface area contributed by atoms with E-state index in [1.807, 2.05) is 6.26 Å². The van der Waals surface area contributed by atoms with Crippen LogP contribution in [-0.2, 0) is 13.1 Å². The third kappa shape index (κ3) is 2.20. The van der Waals surface area contributed by atoms with E-state index in [1.165, 1.54) is 11.8 Å². The van der Waals surface area contributed by atoms with E-state index in [0.29, 0.717) is 18.7 Å². The van der Waals surface area contributed by atoms with Crippen molar-refractivity contribution in [3.63, 3.8) is 0 Å². The summed E-state index contributed by atoms with van der Waals surface area (Å²) in [5.74, 6) is 0.197. The Kier molecular flexibility index (Phi) is 3.27. The maximum absolute atomic E-state index is 12.6. The van der Waals surface area contributed by atoms with Crippen LogP contribution in [0.3, 0.4) is 0 Å². The maximum Gasteiger partial charge on any atom is 0.257 e. The van der Waals surface area contributed by atoms with Crippen molar-refractivity contribution in [1.82, 2.24) is 19.9 Å². The summed E-state index contributed by atoms with van der Waals surface area (Å²) in [7, 11) is 0. The van der Waals surface area contributed by atoms with E-state index in [9.17, 15) is 4.79 Å². The van der Waals surface area contributed by atoms with Crippen LogP contribution in [0.5, 0.6) is 0 Å². The van der Waals surface area contributed by atoms with Gasteiger partial charge in [0, 0.05) is 24.5 Å². The van der Waals surface area contributed by atoms with Gasteiger partial charge in [0.1, 0.15) is 5.03 Å². The average Bonchev–Trinajstić information content (AvgIpc) is 2.89. The summed E-state index contributed by atoms with van der Waals surface area (Å²) in [5, 5.41) is 0.735. The number of amides is 1. The molecule has 0 unspecified atom stereocenters. The Labute approximate surface area is 120 Å². The van der Waals surface area contributed by atoms with Crippen molar-refractivity contribution in [2.45, 2.75) is 18.1 Å². The van der Waals surface area contributed by atoms with Crippen molar-refractivity contribution >= 4 is 23.6 Å². The maximum atomic E-state index is 12.6. The van der Waals surface area contributed by atoms with Crippen molar-refractivity contribution in [3.8, 4) is 0 Å². The van der Waals surface area contributed by atoms with E-state index in [2.05, 4.69) is 15.0 Å². The number of fused-ring (bicyclic) bond motifs is 1. The van der Waals surface area contributed by atoms with Crippen LogP contribution >= 0.6 is 11.8 Å². The van der Waals surface area contributed by atoms with Crippen LogP contribution < -0.4 is 5.73 Å². The molecule has 7 heteroatoms. The second-order valence-electron chi connectivity index (χ2n) is 4.42. The average molecular weight is 287 g/mol. The lowest BCUT2D eigenvalue weighted by molar-refractivity contribution is 0.0746. The zero-order valence-electron chi connectivity index (χ0n) is 10.9. The lowest BCUT2D eigenvalue weighted by atomic mass is 10.2. The summed E-state index contributed by atoms with van der Waals surface area (Å²) >= 11 is 1.46. The number of thioether (sulfide) groups is 1. The Morgan fingerprint density at radius 1 is 1.40 bits per heavy atom. The van der Waals surface area contributed by atoms with Gasteiger partial charge in [0.25, 0.3) is 5.91 Å². The van der Waals surface area contributed by atoms with Crippen LogP contribution in [-0.4, -0.2) is 32.0 Å². The molecule has 20 heavy (non-hydrogen) atoms. The molecule has 1 aliphatic heterocycles. The molecule has 0 radical (unpaired) electrons. The molecule has 102 valence electrons. The Balaban J connectivity index is 1.87. The summed E-state index contributed by atoms with van der Waals surface area (Å²) in [5.41, 5.74) is 7.96. The van der Waals surface area contributed by atoms with Crippen LogP contribution in [0.15, 0.2) is 29.6 Å². The predicted octanol–water partition coefficient (Wildman–Crippen LogP) is 1.33. The van der Waals surface area contributed by atoms with E-state index < -0.39 is 0 Å². The van der Waals surface area contributed by atoms with Crippen LogP contribution in [0.1, 0.15) is 21.6 Å². The summed E-state index contributed by atoms with van der Waals surface area (Å²) < 4.78 is 0. The van der Waals surface area contributed by atoms with Crippen molar-refractivity contribution in [1.29, 1.82) is 0 Å². The van der Waals surface area contributed by atoms with Gasteiger partial charge < -0.3 is 10.6 Å². The van der Waals surface area contributed by atoms with E-state index in [-0.39, 0.29) is 11.9 Å². The molecule has 0 aromatic carbocycles. The number of carbonyl (C=O) groups is 1. The molecular weight excluding hydrogens is 274 g/mol. The highest BCUT2D eigenvalue weighted by molar-refractivity contribution is 7.98. The van der Waals surface area contributed by atoms with Crippen molar-refractivity contribution < 1.29 is 4.79 Å². The van der Waals surface area contributed by atoms with E-state index in [1.54, 1.807) is 29.4 Å². The van der Waals surface area contributed by atoms with E-state index in [0.717, 1.165) is 16.3 Å². The minimum Gasteiger partial charge on any atom is -0.368 e. The molecule has 0 fully saturated rings. The molecule has 1 aliphatic rings. The lowest BCUT2D eigenvalue weighted by Gasteiger charge is -2.16. The third-order valence-electron chi connectivity index (χ3n) is 3.16. The van der Waals surface area contributed by atoms with Gasteiger partial charge in [0.15, 0.2) is 0 Å². The third-order valence-corrected chi connectivity index (χ3v) is 3.87. The molecule has 0 spiro atoms. The number of rotatable bonds is 2. The zero-order chi connectivity index (χ0) is 14.1. The number of pyridine rings is 1. The number of nitrogen functional groups attached to an aromatic ring is 1. The normalized spacial score (nSPS) is 13.3. The van der Waals surface area contributed by atoms with E-state index >= 15 is 0 Å². The van der Waals surface area contributed by atoms with Gasteiger partial charge in [0.05, 0.1) is 17.8 Å². The number of aromatic nitrogens is 3. The highest BCUT2D eigenvalue weighted by Crippen LogP contribution is 2.25. The first-order valence-corrected chi connectivity index (χ1v) is 7.30. The largest absolute Gasteiger partial charge is 0.368 e. The summed E-state index contributed by atoms with van der Waals surface area (Å²) in [6.07, 6.45) is 5.28. The van der Waals surface area contributed by atoms with Crippen LogP contribution in [0, 0.1) is 0 Å². The van der Waals surface area contributed by atoms with Gasteiger partial charge in [-0.3, -0.25) is 4.79 Å². The zero-order valence-corrected chi connectivity index (χ0v) is 11.7. The molecule has 3 heterocycles. The fourth-order valence-electron chi connectivity index (χ4n) is 2.20. The van der Waals surface area contributed by atoms with Crippen molar-refractivity contribution in [3.05, 3.63) is 41.3 Å². The Morgan fingerprint density at radius 2 is 2.25 bits per heavy atom. The minimum atomic E-state index is -0.0426. The molecule has 2 N–H and O–H groups in total. The minimum absolute atomic E-state index is 0.0426. The second kappa shape index (κ2) is 5.09. The van der Waals surface area contributed by atoms with Gasteiger partial charge in [0.2, 0.25) is 5.95 Å². The quantitative estimate of drug-likeness (QED) is 0.839. The molecular formula is C13H13N5OS. The molecule has 0 atom stereocenters. The molecule has 0 saturated carbocycles. The standard InChI is InChI=1S/C13H13N5OS/c1-20-11-9(3-2-4-15-11)12(19)18-6-8-5-16-13(14)17-10(8)7-18/h2-5H,6-7H2,1H3,(H2,14,16,17). The Hall–Kier alpha value is -2.15. The van der Waals surface area contributed by atoms with Gasteiger partial charge in [-0.1, -0.05) is 0 Å². The fraction of sp³-hybridized carbons (Fsp3) is 0.231. The molecule has 0 aliphatic carbocycles. The molecule has 0 saturated heterocycles. The van der Waals surface area contributed by atoms with Gasteiger partial charge in [-0.25, -0.2) is 15.0 Å². The molecule has 2 aromatic heterocycles. The summed E-state index contributed by atoms with van der Waals surface area (Å²) in [4.78, 5) is 26.7. The Morgan fingerprint density at radius 3 is 3.05 bits per heavy atom. The number of anilines is 1. The van der Waals surface area contributed by atoms with E-state index in [4.69, 9.17) is 5.73 Å². The van der Waals surface area contributed by atoms with Crippen LogP contribution in [0.25, 0.3) is 0 Å². The number of nitrogens with zero attached hydrogens (tertiary/aromatic N) is 4. The highest BCUT2D eigenvalue weighted by Gasteiger charge is 2.27. The molecule has 1 amide bonds. The SMILES string of the molecule is CSc1ncccc1C(=O)N1Cc2cnc(N)nc2C1. The predicted molar refractivity (Wildman–Crippen MR) is 76.0 cm³/mol. The van der Waals surface area contributed by atoms with Gasteiger partial charge >= 0.3 is 0 Å². The molecule has 2 aromatic rings. The summed E-state index contributed by atoms with van der Waals surface area (Å²) in [6, 6.07) is 3.57. The monoisotopic (exact) mass is 287 g/mol. The second-order valence-corrected chi connectivity index (χ2v) is 5.22. The first-order chi connectivity index (χ1) is 9.69. The number of carbonyl (C=O) groups excluding carboxylic acids is 1. The smallest absolute Gasteiger partial charge is 0.257 e. The molecule has 6 nitrogen and oxygen atoms in total. The number of hydrogen-bond donors (Lipinski definition) is 1. The first-order valence-electron chi connectivity index (χ1n) is 6.07. The van der Waals surface area contributed by atoms with Gasteiger partial charge in [-0.2, -0.15) is 0 Å². The fourth-order valence-corrected chi connectivity index (χ4v) is 2.74. The molecule has 0 bridgehead atoms. The lowest BCUT2D eigenvalue weighted by Crippen LogP contribution is -2.26. The van der Waals surface area contributed by atoms with Gasteiger partial charge in [-0.15, -0.1) is 11.8 Å². The van der Waals surface area contributed by atoms with Crippen molar-refractivity contribution in [2.75, 3.05) is 12.0 Å². The number of hydrogen-bond acceptors (Lipinski definition) is 6. The van der Waals surface area contributed by atoms with Crippen molar-refractivity contribution in [2.24, 2.45) is 0 Å². The first kappa shape index (κ1) is 12.9. The topological polar surface area (TPSA) is 85.0 Å².